The molecule has 0 aliphatic heterocycles. The van der Waals surface area contributed by atoms with Crippen LogP contribution in [0.25, 0.3) is 0 Å². The molecule has 0 aromatic heterocycles. The average molecular weight is 411 g/mol. The number of aliphatic hydroxyl groups excluding tert-OH is 2. The van der Waals surface area contributed by atoms with Crippen LogP contribution in [-0.2, 0) is 17.8 Å². The molecule has 2 rings (SSSR count). The van der Waals surface area contributed by atoms with Crippen molar-refractivity contribution in [3.8, 4) is 5.75 Å². The molecule has 2 aromatic carbocycles. The van der Waals surface area contributed by atoms with E-state index in [4.69, 9.17) is 14.6 Å². The van der Waals surface area contributed by atoms with Gasteiger partial charge in [-0.25, -0.2) is 0 Å². The number of hydrogen-bond donors (Lipinski definition) is 2. The van der Waals surface area contributed by atoms with Gasteiger partial charge in [-0.15, -0.1) is 0 Å². The molecular weight excluding hydrogens is 376 g/mol. The lowest BCUT2D eigenvalue weighted by Gasteiger charge is -2.14. The molecule has 0 aliphatic rings. The Labute approximate surface area is 180 Å². The molecule has 2 N–H and O–H groups in total. The van der Waals surface area contributed by atoms with Crippen LogP contribution in [0.1, 0.15) is 42.4 Å². The number of rotatable bonds is 14. The summed E-state index contributed by atoms with van der Waals surface area (Å²) < 4.78 is 11.8. The summed E-state index contributed by atoms with van der Waals surface area (Å²) >= 11 is 0. The van der Waals surface area contributed by atoms with Gasteiger partial charge < -0.3 is 19.7 Å². The second-order valence-electron chi connectivity index (χ2n) is 7.39. The summed E-state index contributed by atoms with van der Waals surface area (Å²) in [5.74, 6) is 1.76. The fourth-order valence-electron chi connectivity index (χ4n) is 3.16. The van der Waals surface area contributed by atoms with Crippen molar-refractivity contribution in [1.82, 2.24) is 0 Å². The molecule has 0 aliphatic carbocycles. The minimum absolute atomic E-state index is 0.00992. The Bertz CT molecular complexity index is 783. The Balaban J connectivity index is 1.83. The highest BCUT2D eigenvalue weighted by Gasteiger charge is 2.07. The van der Waals surface area contributed by atoms with Crippen LogP contribution in [0.4, 0.5) is 0 Å². The quantitative estimate of drug-likeness (QED) is 0.335. The maximum Gasteiger partial charge on any atom is 0.120 e. The van der Waals surface area contributed by atoms with Crippen molar-refractivity contribution in [2.75, 3.05) is 13.2 Å². The van der Waals surface area contributed by atoms with Crippen LogP contribution in [0.3, 0.4) is 0 Å². The summed E-state index contributed by atoms with van der Waals surface area (Å²) in [6, 6.07) is 16.4. The first-order valence-corrected chi connectivity index (χ1v) is 10.6. The van der Waals surface area contributed by atoms with Crippen LogP contribution in [-0.4, -0.2) is 29.5 Å². The molecule has 2 aromatic rings. The monoisotopic (exact) mass is 410 g/mol. The molecular formula is C26H34O4. The van der Waals surface area contributed by atoms with E-state index in [0.29, 0.717) is 26.1 Å². The largest absolute Gasteiger partial charge is 0.498 e. The molecule has 30 heavy (non-hydrogen) atoms. The molecule has 0 saturated carbocycles. The molecule has 0 bridgehead atoms. The second kappa shape index (κ2) is 13.6. The van der Waals surface area contributed by atoms with E-state index in [1.54, 1.807) is 6.08 Å². The van der Waals surface area contributed by atoms with Crippen molar-refractivity contribution in [1.29, 1.82) is 0 Å². The normalized spacial score (nSPS) is 12.4. The number of ether oxygens (including phenoxy) is 2. The molecule has 0 fully saturated rings. The zero-order chi connectivity index (χ0) is 21.6. The van der Waals surface area contributed by atoms with E-state index in [0.717, 1.165) is 36.3 Å². The minimum atomic E-state index is -0.527. The second-order valence-corrected chi connectivity index (χ2v) is 7.39. The molecule has 1 unspecified atom stereocenters. The van der Waals surface area contributed by atoms with Gasteiger partial charge in [-0.1, -0.05) is 49.1 Å². The maximum atomic E-state index is 9.70. The summed E-state index contributed by atoms with van der Waals surface area (Å²) in [5, 5.41) is 18.6. The van der Waals surface area contributed by atoms with Crippen LogP contribution >= 0.6 is 0 Å². The van der Waals surface area contributed by atoms with E-state index in [9.17, 15) is 5.11 Å². The average Bonchev–Trinajstić information content (AvgIpc) is 2.75. The van der Waals surface area contributed by atoms with Crippen molar-refractivity contribution >= 4 is 0 Å². The lowest BCUT2D eigenvalue weighted by molar-refractivity contribution is 0.0905. The van der Waals surface area contributed by atoms with E-state index in [-0.39, 0.29) is 6.61 Å². The fourth-order valence-corrected chi connectivity index (χ4v) is 3.16. The zero-order valence-electron chi connectivity index (χ0n) is 17.9. The molecule has 0 radical (unpaired) electrons. The highest BCUT2D eigenvalue weighted by atomic mass is 16.5. The third kappa shape index (κ3) is 8.85. The number of aryl methyl sites for hydroxylation is 2. The van der Waals surface area contributed by atoms with E-state index >= 15 is 0 Å². The Hall–Kier alpha value is -2.56. The molecule has 0 amide bonds. The molecule has 4 heteroatoms. The zero-order valence-corrected chi connectivity index (χ0v) is 17.9. The number of hydrogen-bond acceptors (Lipinski definition) is 4. The van der Waals surface area contributed by atoms with Crippen LogP contribution in [0, 0.1) is 6.92 Å². The molecule has 0 spiro atoms. The van der Waals surface area contributed by atoms with E-state index in [1.165, 1.54) is 11.1 Å². The summed E-state index contributed by atoms with van der Waals surface area (Å²) in [7, 11) is 0. The Morgan fingerprint density at radius 1 is 1.13 bits per heavy atom. The van der Waals surface area contributed by atoms with E-state index in [2.05, 4.69) is 37.8 Å². The molecule has 4 nitrogen and oxygen atoms in total. The van der Waals surface area contributed by atoms with Crippen LogP contribution in [0.15, 0.2) is 73.0 Å². The van der Waals surface area contributed by atoms with Crippen molar-refractivity contribution in [2.24, 2.45) is 0 Å². The summed E-state index contributed by atoms with van der Waals surface area (Å²) in [5.41, 5.74) is 3.68. The molecule has 162 valence electrons. The van der Waals surface area contributed by atoms with Crippen molar-refractivity contribution in [3.63, 3.8) is 0 Å². The predicted octanol–water partition coefficient (Wildman–Crippen LogP) is 5.12. The summed E-state index contributed by atoms with van der Waals surface area (Å²) in [4.78, 5) is 0. The lowest BCUT2D eigenvalue weighted by atomic mass is 10.0. The molecule has 0 saturated heterocycles. The number of allylic oxidation sites excluding steroid dienone is 3. The first-order valence-electron chi connectivity index (χ1n) is 10.6. The number of aliphatic hydroxyl groups is 2. The molecule has 0 heterocycles. The van der Waals surface area contributed by atoms with Gasteiger partial charge in [-0.3, -0.25) is 0 Å². The van der Waals surface area contributed by atoms with Gasteiger partial charge in [0.05, 0.1) is 18.5 Å². The van der Waals surface area contributed by atoms with Gasteiger partial charge in [0.25, 0.3) is 0 Å². The summed E-state index contributed by atoms with van der Waals surface area (Å²) in [6.07, 6.45) is 6.65. The van der Waals surface area contributed by atoms with Crippen LogP contribution in [0.2, 0.25) is 0 Å². The topological polar surface area (TPSA) is 58.9 Å². The van der Waals surface area contributed by atoms with Crippen LogP contribution in [0.5, 0.6) is 5.75 Å². The van der Waals surface area contributed by atoms with Gasteiger partial charge in [0.1, 0.15) is 12.4 Å². The van der Waals surface area contributed by atoms with Crippen molar-refractivity contribution in [3.05, 3.63) is 89.7 Å². The third-order valence-electron chi connectivity index (χ3n) is 4.94. The SMILES string of the molecule is C=C/C=C(\CCCc1cc(OCc2ccccc2)ccc1C)OCCC(O)CCO. The van der Waals surface area contributed by atoms with Crippen LogP contribution < -0.4 is 4.74 Å². The first-order chi connectivity index (χ1) is 14.6. The first kappa shape index (κ1) is 23.7. The Morgan fingerprint density at radius 3 is 2.67 bits per heavy atom. The highest BCUT2D eigenvalue weighted by molar-refractivity contribution is 5.35. The maximum absolute atomic E-state index is 9.70. The van der Waals surface area contributed by atoms with E-state index in [1.807, 2.05) is 30.3 Å². The van der Waals surface area contributed by atoms with Gasteiger partial charge >= 0.3 is 0 Å². The van der Waals surface area contributed by atoms with Gasteiger partial charge in [-0.2, -0.15) is 0 Å². The Kier molecular flexibility index (Phi) is 10.8. The van der Waals surface area contributed by atoms with E-state index < -0.39 is 6.10 Å². The van der Waals surface area contributed by atoms with Crippen molar-refractivity contribution in [2.45, 2.75) is 51.7 Å². The van der Waals surface area contributed by atoms with Gasteiger partial charge in [0, 0.05) is 19.4 Å². The van der Waals surface area contributed by atoms with Gasteiger partial charge in [0.2, 0.25) is 0 Å². The Morgan fingerprint density at radius 2 is 1.93 bits per heavy atom. The smallest absolute Gasteiger partial charge is 0.120 e. The fraction of sp³-hybridized carbons (Fsp3) is 0.385. The molecule has 1 atom stereocenters. The number of benzene rings is 2. The highest BCUT2D eigenvalue weighted by Crippen LogP contribution is 2.21. The predicted molar refractivity (Wildman–Crippen MR) is 121 cm³/mol. The van der Waals surface area contributed by atoms with Gasteiger partial charge in [-0.05, 0) is 61.1 Å². The standard InChI is InChI=1S/C26H34O4/c1-3-8-25(29-18-16-24(28)15-17-27)12-7-11-23-19-26(14-13-21(23)2)30-20-22-9-5-4-6-10-22/h3-6,8-10,13-14,19,24,27-28H,1,7,11-12,15-18,20H2,2H3/b25-8+. The lowest BCUT2D eigenvalue weighted by Crippen LogP contribution is -2.12. The third-order valence-corrected chi connectivity index (χ3v) is 4.94. The summed E-state index contributed by atoms with van der Waals surface area (Å²) in [6.45, 7) is 6.86. The van der Waals surface area contributed by atoms with Crippen molar-refractivity contribution < 1.29 is 19.7 Å². The minimum Gasteiger partial charge on any atom is -0.498 e. The van der Waals surface area contributed by atoms with Gasteiger partial charge in [0.15, 0.2) is 0 Å².